The number of imidazole rings is 1. The van der Waals surface area contributed by atoms with E-state index in [1.165, 1.54) is 12.1 Å². The largest absolute Gasteiger partial charge is 0.342 e. The van der Waals surface area contributed by atoms with Gasteiger partial charge in [-0.3, -0.25) is 4.72 Å². The van der Waals surface area contributed by atoms with E-state index in [0.29, 0.717) is 10.7 Å². The maximum Gasteiger partial charge on any atom is 0.261 e. The molecule has 0 radical (unpaired) electrons. The van der Waals surface area contributed by atoms with Crippen LogP contribution >= 0.6 is 11.6 Å². The maximum absolute atomic E-state index is 12.5. The predicted molar refractivity (Wildman–Crippen MR) is 112 cm³/mol. The van der Waals surface area contributed by atoms with E-state index < -0.39 is 10.0 Å². The topological polar surface area (TPSA) is 74.8 Å². The molecule has 0 amide bonds. The zero-order chi connectivity index (χ0) is 19.6. The first-order valence-corrected chi connectivity index (χ1v) is 10.7. The van der Waals surface area contributed by atoms with Gasteiger partial charge in [0.05, 0.1) is 15.9 Å². The molecule has 1 aromatic heterocycles. The van der Waals surface area contributed by atoms with Gasteiger partial charge < -0.3 is 4.98 Å². The number of para-hydroxylation sites is 2. The van der Waals surface area contributed by atoms with Crippen molar-refractivity contribution in [1.29, 1.82) is 0 Å². The molecule has 0 spiro atoms. The number of aryl methyl sites for hydroxylation is 2. The number of anilines is 1. The molecule has 2 N–H and O–H groups in total. The molecule has 0 aliphatic heterocycles. The standard InChI is InChI=1S/C21H18ClN3O2S/c22-16-9-11-18(12-10-16)28(26,27)25-17-5-3-4-15(14-17)8-13-21-23-19-6-1-2-7-20(19)24-21/h1-7,9-12,14,25H,8,13H2,(H,23,24). The molecule has 4 rings (SSSR count). The van der Waals surface area contributed by atoms with Crippen LogP contribution in [0.3, 0.4) is 0 Å². The van der Waals surface area contributed by atoms with Gasteiger partial charge in [-0.1, -0.05) is 35.9 Å². The number of sulfonamides is 1. The van der Waals surface area contributed by atoms with Gasteiger partial charge in [0.15, 0.2) is 0 Å². The third-order valence-corrected chi connectivity index (χ3v) is 6.04. The number of fused-ring (bicyclic) bond motifs is 1. The number of hydrogen-bond donors (Lipinski definition) is 2. The highest BCUT2D eigenvalue weighted by atomic mass is 35.5. The Labute approximate surface area is 168 Å². The van der Waals surface area contributed by atoms with Gasteiger partial charge in [-0.2, -0.15) is 0 Å². The van der Waals surface area contributed by atoms with Crippen molar-refractivity contribution < 1.29 is 8.42 Å². The van der Waals surface area contributed by atoms with Gasteiger partial charge in [0.25, 0.3) is 10.0 Å². The van der Waals surface area contributed by atoms with Gasteiger partial charge >= 0.3 is 0 Å². The molecule has 0 aliphatic rings. The molecule has 28 heavy (non-hydrogen) atoms. The number of benzene rings is 3. The number of nitrogens with one attached hydrogen (secondary N) is 2. The first kappa shape index (κ1) is 18.5. The van der Waals surface area contributed by atoms with Crippen molar-refractivity contribution in [3.63, 3.8) is 0 Å². The summed E-state index contributed by atoms with van der Waals surface area (Å²) in [5, 5.41) is 0.492. The summed E-state index contributed by atoms with van der Waals surface area (Å²) < 4.78 is 27.7. The van der Waals surface area contributed by atoms with Crippen LogP contribution < -0.4 is 4.72 Å². The summed E-state index contributed by atoms with van der Waals surface area (Å²) in [5.74, 6) is 0.911. The molecule has 7 heteroatoms. The monoisotopic (exact) mass is 411 g/mol. The molecule has 3 aromatic carbocycles. The first-order valence-electron chi connectivity index (χ1n) is 8.80. The van der Waals surface area contributed by atoms with Gasteiger partial charge in [0.1, 0.15) is 5.82 Å². The predicted octanol–water partition coefficient (Wildman–Crippen LogP) is 4.80. The van der Waals surface area contributed by atoms with Crippen molar-refractivity contribution in [2.24, 2.45) is 0 Å². The van der Waals surface area contributed by atoms with E-state index in [-0.39, 0.29) is 4.90 Å². The number of rotatable bonds is 6. The Balaban J connectivity index is 1.47. The SMILES string of the molecule is O=S(=O)(Nc1cccc(CCc2nc3ccccc3[nH]2)c1)c1ccc(Cl)cc1. The Morgan fingerprint density at radius 2 is 1.71 bits per heavy atom. The van der Waals surface area contributed by atoms with E-state index in [1.54, 1.807) is 18.2 Å². The van der Waals surface area contributed by atoms with Crippen molar-refractivity contribution >= 4 is 38.3 Å². The number of aromatic amines is 1. The fourth-order valence-corrected chi connectivity index (χ4v) is 4.18. The van der Waals surface area contributed by atoms with Gasteiger partial charge in [-0.05, 0) is 60.5 Å². The Hall–Kier alpha value is -2.83. The Morgan fingerprint density at radius 3 is 2.50 bits per heavy atom. The second-order valence-corrected chi connectivity index (χ2v) is 8.58. The second-order valence-electron chi connectivity index (χ2n) is 6.46. The van der Waals surface area contributed by atoms with Crippen LogP contribution in [0.25, 0.3) is 11.0 Å². The summed E-state index contributed by atoms with van der Waals surface area (Å²) in [7, 11) is -3.66. The minimum absolute atomic E-state index is 0.171. The number of halogens is 1. The second kappa shape index (κ2) is 7.66. The Kier molecular flexibility index (Phi) is 5.07. The molecule has 0 unspecified atom stereocenters. The molecule has 142 valence electrons. The van der Waals surface area contributed by atoms with E-state index in [9.17, 15) is 8.42 Å². The van der Waals surface area contributed by atoms with Crippen molar-refractivity contribution in [2.75, 3.05) is 4.72 Å². The van der Waals surface area contributed by atoms with Crippen molar-refractivity contribution in [3.8, 4) is 0 Å². The average molecular weight is 412 g/mol. The van der Waals surface area contributed by atoms with Crippen molar-refractivity contribution in [3.05, 3.63) is 89.2 Å². The minimum Gasteiger partial charge on any atom is -0.342 e. The number of H-pyrrole nitrogens is 1. The molecule has 1 heterocycles. The third kappa shape index (κ3) is 4.18. The summed E-state index contributed by atoms with van der Waals surface area (Å²) in [6.45, 7) is 0. The van der Waals surface area contributed by atoms with E-state index in [2.05, 4.69) is 14.7 Å². The first-order chi connectivity index (χ1) is 13.5. The van der Waals surface area contributed by atoms with Crippen molar-refractivity contribution in [1.82, 2.24) is 9.97 Å². The maximum atomic E-state index is 12.5. The van der Waals surface area contributed by atoms with Gasteiger partial charge in [-0.25, -0.2) is 13.4 Å². The van der Waals surface area contributed by atoms with E-state index in [0.717, 1.165) is 35.3 Å². The van der Waals surface area contributed by atoms with Crippen molar-refractivity contribution in [2.45, 2.75) is 17.7 Å². The zero-order valence-electron chi connectivity index (χ0n) is 14.9. The molecule has 0 aliphatic carbocycles. The normalized spacial score (nSPS) is 11.6. The van der Waals surface area contributed by atoms with Crippen LogP contribution in [0.5, 0.6) is 0 Å². The van der Waals surface area contributed by atoms with Gasteiger partial charge in [0.2, 0.25) is 0 Å². The van der Waals surface area contributed by atoms with Crippen LogP contribution in [-0.2, 0) is 22.9 Å². The highest BCUT2D eigenvalue weighted by Crippen LogP contribution is 2.20. The van der Waals surface area contributed by atoms with Crippen LogP contribution in [-0.4, -0.2) is 18.4 Å². The molecule has 0 saturated heterocycles. The van der Waals surface area contributed by atoms with Crippen LogP contribution in [0.2, 0.25) is 5.02 Å². The van der Waals surface area contributed by atoms with E-state index in [4.69, 9.17) is 11.6 Å². The van der Waals surface area contributed by atoms with Crippen LogP contribution in [0.15, 0.2) is 77.7 Å². The number of hydrogen-bond acceptors (Lipinski definition) is 3. The zero-order valence-corrected chi connectivity index (χ0v) is 16.5. The summed E-state index contributed by atoms with van der Waals surface area (Å²) in [4.78, 5) is 8.06. The quantitative estimate of drug-likeness (QED) is 0.478. The Morgan fingerprint density at radius 1 is 0.929 bits per heavy atom. The fraction of sp³-hybridized carbons (Fsp3) is 0.0952. The minimum atomic E-state index is -3.66. The molecule has 0 saturated carbocycles. The lowest BCUT2D eigenvalue weighted by Gasteiger charge is -2.09. The van der Waals surface area contributed by atoms with Gasteiger partial charge in [0, 0.05) is 17.1 Å². The van der Waals surface area contributed by atoms with Crippen LogP contribution in [0, 0.1) is 0 Å². The summed E-state index contributed by atoms with van der Waals surface area (Å²) in [6, 6.07) is 21.4. The molecule has 0 atom stereocenters. The summed E-state index contributed by atoms with van der Waals surface area (Å²) >= 11 is 5.83. The molecule has 4 aromatic rings. The molecule has 0 fully saturated rings. The number of nitrogens with zero attached hydrogens (tertiary/aromatic N) is 1. The smallest absolute Gasteiger partial charge is 0.261 e. The summed E-state index contributed by atoms with van der Waals surface area (Å²) in [6.07, 6.45) is 1.48. The highest BCUT2D eigenvalue weighted by molar-refractivity contribution is 7.92. The molecular weight excluding hydrogens is 394 g/mol. The van der Waals surface area contributed by atoms with Gasteiger partial charge in [-0.15, -0.1) is 0 Å². The molecular formula is C21H18ClN3O2S. The Bertz CT molecular complexity index is 1180. The molecule has 5 nitrogen and oxygen atoms in total. The highest BCUT2D eigenvalue weighted by Gasteiger charge is 2.14. The lowest BCUT2D eigenvalue weighted by atomic mass is 10.1. The van der Waals surface area contributed by atoms with E-state index in [1.807, 2.05) is 42.5 Å². The third-order valence-electron chi connectivity index (χ3n) is 4.39. The van der Waals surface area contributed by atoms with E-state index >= 15 is 0 Å². The van der Waals surface area contributed by atoms with Crippen LogP contribution in [0.1, 0.15) is 11.4 Å². The summed E-state index contributed by atoms with van der Waals surface area (Å²) in [5.41, 5.74) is 3.51. The molecule has 0 bridgehead atoms. The van der Waals surface area contributed by atoms with Crippen LogP contribution in [0.4, 0.5) is 5.69 Å². The number of aromatic nitrogens is 2. The lowest BCUT2D eigenvalue weighted by Crippen LogP contribution is -2.13. The average Bonchev–Trinajstić information content (AvgIpc) is 3.10. The fourth-order valence-electron chi connectivity index (χ4n) is 3.00. The lowest BCUT2D eigenvalue weighted by molar-refractivity contribution is 0.601.